The number of nitrogens with zero attached hydrogens (tertiary/aromatic N) is 2. The van der Waals surface area contributed by atoms with Crippen molar-refractivity contribution in [3.8, 4) is 0 Å². The summed E-state index contributed by atoms with van der Waals surface area (Å²) in [5, 5.41) is 7.16. The lowest BCUT2D eigenvalue weighted by Crippen LogP contribution is -2.12. The maximum atomic E-state index is 12.0. The number of anilines is 1. The molecule has 1 aromatic carbocycles. The molecule has 0 fully saturated rings. The van der Waals surface area contributed by atoms with E-state index in [1.54, 1.807) is 16.8 Å². The Bertz CT molecular complexity index is 560. The summed E-state index contributed by atoms with van der Waals surface area (Å²) in [7, 11) is 1.84. The molecule has 0 aliphatic heterocycles. The van der Waals surface area contributed by atoms with E-state index in [9.17, 15) is 4.79 Å². The normalized spacial score (nSPS) is 10.4. The topological polar surface area (TPSA) is 46.9 Å². The Morgan fingerprint density at radius 1 is 1.39 bits per heavy atom. The number of halogens is 1. The zero-order valence-corrected chi connectivity index (χ0v) is 11.9. The fourth-order valence-corrected chi connectivity index (χ4v) is 1.96. The largest absolute Gasteiger partial charge is 0.319 e. The highest BCUT2D eigenvalue weighted by molar-refractivity contribution is 9.10. The fraction of sp³-hybridized carbons (Fsp3) is 0.231. The van der Waals surface area contributed by atoms with Gasteiger partial charge in [0.2, 0.25) is 0 Å². The van der Waals surface area contributed by atoms with Crippen LogP contribution in [0.2, 0.25) is 0 Å². The monoisotopic (exact) mass is 307 g/mol. The van der Waals surface area contributed by atoms with Crippen molar-refractivity contribution in [3.63, 3.8) is 0 Å². The van der Waals surface area contributed by atoms with Crippen molar-refractivity contribution in [1.82, 2.24) is 9.78 Å². The lowest BCUT2D eigenvalue weighted by atomic mass is 10.2. The number of carbonyl (C=O) groups is 1. The van der Waals surface area contributed by atoms with E-state index in [0.717, 1.165) is 22.3 Å². The van der Waals surface area contributed by atoms with Crippen LogP contribution in [-0.2, 0) is 13.5 Å². The summed E-state index contributed by atoms with van der Waals surface area (Å²) in [4.78, 5) is 12.0. The number of hydrogen-bond donors (Lipinski definition) is 1. The second kappa shape index (κ2) is 5.35. The summed E-state index contributed by atoms with van der Waals surface area (Å²) in [6.07, 6.45) is 2.60. The van der Waals surface area contributed by atoms with E-state index < -0.39 is 0 Å². The molecular weight excluding hydrogens is 294 g/mol. The molecule has 0 unspecified atom stereocenters. The van der Waals surface area contributed by atoms with Crippen LogP contribution in [0.25, 0.3) is 0 Å². The molecule has 0 aliphatic rings. The van der Waals surface area contributed by atoms with Crippen LogP contribution in [0.4, 0.5) is 5.69 Å². The third kappa shape index (κ3) is 2.79. The van der Waals surface area contributed by atoms with Crippen LogP contribution in [-0.4, -0.2) is 15.7 Å². The van der Waals surface area contributed by atoms with Gasteiger partial charge in [-0.1, -0.05) is 22.9 Å². The van der Waals surface area contributed by atoms with E-state index in [-0.39, 0.29) is 5.91 Å². The van der Waals surface area contributed by atoms with E-state index >= 15 is 0 Å². The number of benzene rings is 1. The molecule has 0 saturated heterocycles. The van der Waals surface area contributed by atoms with Crippen LogP contribution in [0, 0.1) is 0 Å². The number of rotatable bonds is 3. The Hall–Kier alpha value is -1.62. The Labute approximate surface area is 114 Å². The quantitative estimate of drug-likeness (QED) is 0.947. The van der Waals surface area contributed by atoms with Gasteiger partial charge in [-0.2, -0.15) is 5.10 Å². The molecule has 0 bridgehead atoms. The van der Waals surface area contributed by atoms with E-state index in [1.165, 1.54) is 0 Å². The predicted octanol–water partition coefficient (Wildman–Crippen LogP) is 3.00. The average molecular weight is 308 g/mol. The molecule has 1 amide bonds. The average Bonchev–Trinajstić information content (AvgIpc) is 2.70. The second-order valence-electron chi connectivity index (χ2n) is 3.98. The number of nitrogens with one attached hydrogen (secondary N) is 1. The molecule has 0 saturated carbocycles. The van der Waals surface area contributed by atoms with Crippen LogP contribution in [0.15, 0.2) is 34.9 Å². The van der Waals surface area contributed by atoms with Gasteiger partial charge in [0.15, 0.2) is 0 Å². The van der Waals surface area contributed by atoms with Crippen LogP contribution in [0.1, 0.15) is 23.0 Å². The first-order chi connectivity index (χ1) is 8.60. The molecule has 2 aromatic rings. The Morgan fingerprint density at radius 2 is 2.06 bits per heavy atom. The maximum Gasteiger partial charge on any atom is 0.255 e. The fourth-order valence-electron chi connectivity index (χ4n) is 1.70. The van der Waals surface area contributed by atoms with Gasteiger partial charge in [-0.15, -0.1) is 0 Å². The minimum Gasteiger partial charge on any atom is -0.319 e. The highest BCUT2D eigenvalue weighted by Gasteiger charge is 2.11. The first-order valence-electron chi connectivity index (χ1n) is 5.69. The number of carbonyl (C=O) groups excluding carboxylic acids is 1. The van der Waals surface area contributed by atoms with E-state index in [1.807, 2.05) is 32.3 Å². The van der Waals surface area contributed by atoms with Gasteiger partial charge in [0, 0.05) is 23.3 Å². The summed E-state index contributed by atoms with van der Waals surface area (Å²) < 4.78 is 2.66. The standard InChI is InChI=1S/C13H14BrN3O/c1-3-11-12(8-17(2)16-11)15-13(18)9-4-6-10(14)7-5-9/h4-8H,3H2,1-2H3,(H,15,18). The summed E-state index contributed by atoms with van der Waals surface area (Å²) in [5.41, 5.74) is 2.29. The van der Waals surface area contributed by atoms with Gasteiger partial charge in [0.25, 0.3) is 5.91 Å². The number of amides is 1. The summed E-state index contributed by atoms with van der Waals surface area (Å²) in [5.74, 6) is -0.120. The molecule has 0 spiro atoms. The lowest BCUT2D eigenvalue weighted by molar-refractivity contribution is 0.102. The van der Waals surface area contributed by atoms with Crippen molar-refractivity contribution < 1.29 is 4.79 Å². The van der Waals surface area contributed by atoms with Crippen LogP contribution in [0.5, 0.6) is 0 Å². The van der Waals surface area contributed by atoms with Crippen LogP contribution < -0.4 is 5.32 Å². The molecule has 1 aromatic heterocycles. The smallest absolute Gasteiger partial charge is 0.255 e. The van der Waals surface area contributed by atoms with Gasteiger partial charge in [0.1, 0.15) is 0 Å². The van der Waals surface area contributed by atoms with E-state index in [2.05, 4.69) is 26.3 Å². The Balaban J connectivity index is 2.18. The summed E-state index contributed by atoms with van der Waals surface area (Å²) >= 11 is 3.34. The van der Waals surface area contributed by atoms with Gasteiger partial charge in [0.05, 0.1) is 11.4 Å². The highest BCUT2D eigenvalue weighted by atomic mass is 79.9. The number of aromatic nitrogens is 2. The molecule has 94 valence electrons. The molecular formula is C13H14BrN3O. The number of hydrogen-bond acceptors (Lipinski definition) is 2. The van der Waals surface area contributed by atoms with E-state index in [4.69, 9.17) is 0 Å². The van der Waals surface area contributed by atoms with Crippen molar-refractivity contribution in [2.24, 2.45) is 7.05 Å². The molecule has 0 atom stereocenters. The first-order valence-corrected chi connectivity index (χ1v) is 6.49. The highest BCUT2D eigenvalue weighted by Crippen LogP contribution is 2.16. The minimum atomic E-state index is -0.120. The molecule has 5 heteroatoms. The first kappa shape index (κ1) is 12.8. The zero-order chi connectivity index (χ0) is 13.1. The zero-order valence-electron chi connectivity index (χ0n) is 10.3. The minimum absolute atomic E-state index is 0.120. The van der Waals surface area contributed by atoms with Gasteiger partial charge in [-0.05, 0) is 30.7 Å². The van der Waals surface area contributed by atoms with E-state index in [0.29, 0.717) is 5.56 Å². The van der Waals surface area contributed by atoms with Gasteiger partial charge in [-0.3, -0.25) is 9.48 Å². The second-order valence-corrected chi connectivity index (χ2v) is 4.89. The Morgan fingerprint density at radius 3 is 2.67 bits per heavy atom. The summed E-state index contributed by atoms with van der Waals surface area (Å²) in [6.45, 7) is 2.01. The molecule has 1 N–H and O–H groups in total. The third-order valence-corrected chi connectivity index (χ3v) is 3.12. The van der Waals surface area contributed by atoms with Gasteiger partial charge < -0.3 is 5.32 Å². The number of aryl methyl sites for hydroxylation is 2. The predicted molar refractivity (Wildman–Crippen MR) is 74.7 cm³/mol. The van der Waals surface area contributed by atoms with Gasteiger partial charge in [-0.25, -0.2) is 0 Å². The van der Waals surface area contributed by atoms with Crippen LogP contribution in [0.3, 0.4) is 0 Å². The van der Waals surface area contributed by atoms with Crippen LogP contribution >= 0.6 is 15.9 Å². The van der Waals surface area contributed by atoms with Crippen molar-refractivity contribution in [2.45, 2.75) is 13.3 Å². The SMILES string of the molecule is CCc1nn(C)cc1NC(=O)c1ccc(Br)cc1. The molecule has 1 heterocycles. The Kier molecular flexibility index (Phi) is 3.81. The molecule has 0 aliphatic carbocycles. The molecule has 0 radical (unpaired) electrons. The maximum absolute atomic E-state index is 12.0. The molecule has 4 nitrogen and oxygen atoms in total. The molecule has 2 rings (SSSR count). The van der Waals surface area contributed by atoms with Crippen molar-refractivity contribution in [3.05, 3.63) is 46.2 Å². The van der Waals surface area contributed by atoms with Crippen molar-refractivity contribution in [2.75, 3.05) is 5.32 Å². The molecule has 18 heavy (non-hydrogen) atoms. The summed E-state index contributed by atoms with van der Waals surface area (Å²) in [6, 6.07) is 7.25. The van der Waals surface area contributed by atoms with Crippen molar-refractivity contribution in [1.29, 1.82) is 0 Å². The lowest BCUT2D eigenvalue weighted by Gasteiger charge is -2.04. The third-order valence-electron chi connectivity index (χ3n) is 2.59. The van der Waals surface area contributed by atoms with Crippen molar-refractivity contribution >= 4 is 27.5 Å². The van der Waals surface area contributed by atoms with Gasteiger partial charge >= 0.3 is 0 Å².